The zero-order valence-electron chi connectivity index (χ0n) is 15.1. The van der Waals surface area contributed by atoms with Crippen LogP contribution >= 0.6 is 0 Å². The molecule has 0 bridgehead atoms. The molecule has 1 fully saturated rings. The number of methoxy groups -OCH3 is 1. The van der Waals surface area contributed by atoms with Crippen molar-refractivity contribution in [2.75, 3.05) is 7.11 Å². The number of carbonyl (C=O) groups excluding carboxylic acids is 1. The maximum atomic E-state index is 12.5. The fraction of sp³-hybridized carbons (Fsp3) is 0.333. The van der Waals surface area contributed by atoms with Gasteiger partial charge in [-0.25, -0.2) is 9.78 Å². The highest BCUT2D eigenvalue weighted by Crippen LogP contribution is 2.42. The molecule has 0 atom stereocenters. The molecule has 5 nitrogen and oxygen atoms in total. The smallest absolute Gasteiger partial charge is 0.345 e. The number of nitrogens with zero attached hydrogens (tertiary/aromatic N) is 1. The predicted octanol–water partition coefficient (Wildman–Crippen LogP) is 4.72. The molecule has 2 aromatic rings. The van der Waals surface area contributed by atoms with Gasteiger partial charge in [0.25, 0.3) is 0 Å². The standard InChI is InChI=1S/C21H21NO4/c1-21(2)10-9-16-19(26-21)18(20(23)24-3)17(12-22-16)25-15-6-4-5-14(11-15)13-7-8-13/h4-6,9-13H,7-8H2,1-3H3. The highest BCUT2D eigenvalue weighted by Gasteiger charge is 2.31. The first kappa shape index (κ1) is 16.6. The topological polar surface area (TPSA) is 57.7 Å². The molecule has 26 heavy (non-hydrogen) atoms. The lowest BCUT2D eigenvalue weighted by Gasteiger charge is -2.29. The molecular weight excluding hydrogens is 330 g/mol. The molecule has 0 N–H and O–H groups in total. The lowest BCUT2D eigenvalue weighted by atomic mass is 10.0. The van der Waals surface area contributed by atoms with Gasteiger partial charge in [0, 0.05) is 0 Å². The zero-order chi connectivity index (χ0) is 18.3. The van der Waals surface area contributed by atoms with E-state index in [1.54, 1.807) is 6.20 Å². The van der Waals surface area contributed by atoms with Crippen LogP contribution < -0.4 is 9.47 Å². The van der Waals surface area contributed by atoms with Gasteiger partial charge in [-0.2, -0.15) is 0 Å². The van der Waals surface area contributed by atoms with Crippen molar-refractivity contribution in [2.24, 2.45) is 0 Å². The van der Waals surface area contributed by atoms with E-state index < -0.39 is 11.6 Å². The van der Waals surface area contributed by atoms with Crippen LogP contribution in [0.3, 0.4) is 0 Å². The summed E-state index contributed by atoms with van der Waals surface area (Å²) in [4.78, 5) is 16.8. The Hall–Kier alpha value is -2.82. The molecule has 4 rings (SSSR count). The van der Waals surface area contributed by atoms with Gasteiger partial charge in [0.15, 0.2) is 11.5 Å². The lowest BCUT2D eigenvalue weighted by Crippen LogP contribution is -2.29. The summed E-state index contributed by atoms with van der Waals surface area (Å²) in [6, 6.07) is 7.96. The highest BCUT2D eigenvalue weighted by atomic mass is 16.5. The summed E-state index contributed by atoms with van der Waals surface area (Å²) in [5.74, 6) is 1.50. The Bertz CT molecular complexity index is 897. The summed E-state index contributed by atoms with van der Waals surface area (Å²) in [5.41, 5.74) is 1.56. The van der Waals surface area contributed by atoms with Gasteiger partial charge in [0.2, 0.25) is 0 Å². The first-order valence-electron chi connectivity index (χ1n) is 8.74. The van der Waals surface area contributed by atoms with Crippen LogP contribution in [0.2, 0.25) is 0 Å². The minimum absolute atomic E-state index is 0.256. The third-order valence-corrected chi connectivity index (χ3v) is 4.56. The van der Waals surface area contributed by atoms with Crippen molar-refractivity contribution in [2.45, 2.75) is 38.2 Å². The van der Waals surface area contributed by atoms with Crippen LogP contribution in [0.4, 0.5) is 0 Å². The molecule has 1 aromatic heterocycles. The van der Waals surface area contributed by atoms with Crippen LogP contribution in [0, 0.1) is 0 Å². The van der Waals surface area contributed by atoms with Gasteiger partial charge in [0.05, 0.1) is 13.3 Å². The van der Waals surface area contributed by atoms with E-state index in [1.165, 1.54) is 25.5 Å². The number of hydrogen-bond donors (Lipinski definition) is 0. The van der Waals surface area contributed by atoms with Gasteiger partial charge in [-0.05, 0) is 62.5 Å². The first-order valence-corrected chi connectivity index (χ1v) is 8.74. The first-order chi connectivity index (χ1) is 12.5. The Labute approximate surface area is 152 Å². The van der Waals surface area contributed by atoms with E-state index in [2.05, 4.69) is 11.1 Å². The number of ether oxygens (including phenoxy) is 3. The van der Waals surface area contributed by atoms with Crippen molar-refractivity contribution < 1.29 is 19.0 Å². The second-order valence-corrected chi connectivity index (χ2v) is 7.19. The molecule has 1 aliphatic carbocycles. The Balaban J connectivity index is 1.75. The summed E-state index contributed by atoms with van der Waals surface area (Å²) >= 11 is 0. The van der Waals surface area contributed by atoms with Crippen molar-refractivity contribution >= 4 is 12.0 Å². The third-order valence-electron chi connectivity index (χ3n) is 4.56. The second-order valence-electron chi connectivity index (χ2n) is 7.19. The third kappa shape index (κ3) is 3.17. The van der Waals surface area contributed by atoms with Gasteiger partial charge in [-0.1, -0.05) is 12.1 Å². The molecule has 0 amide bonds. The molecule has 0 spiro atoms. The van der Waals surface area contributed by atoms with Crippen LogP contribution in [-0.2, 0) is 4.74 Å². The summed E-state index contributed by atoms with van der Waals surface area (Å²) < 4.78 is 17.0. The van der Waals surface area contributed by atoms with Crippen molar-refractivity contribution in [1.82, 2.24) is 4.98 Å². The normalized spacial score (nSPS) is 17.2. The van der Waals surface area contributed by atoms with Gasteiger partial charge in [0.1, 0.15) is 22.6 Å². The Morgan fingerprint density at radius 1 is 1.31 bits per heavy atom. The van der Waals surface area contributed by atoms with Crippen LogP contribution in [0.15, 0.2) is 36.5 Å². The Kier molecular flexibility index (Phi) is 3.94. The summed E-state index contributed by atoms with van der Waals surface area (Å²) in [7, 11) is 1.34. The van der Waals surface area contributed by atoms with Crippen LogP contribution in [0.25, 0.3) is 6.08 Å². The fourth-order valence-corrected chi connectivity index (χ4v) is 3.04. The number of rotatable bonds is 4. The summed E-state index contributed by atoms with van der Waals surface area (Å²) in [6.45, 7) is 3.83. The predicted molar refractivity (Wildman–Crippen MR) is 97.8 cm³/mol. The molecule has 1 aliphatic heterocycles. The molecule has 2 heterocycles. The second kappa shape index (κ2) is 6.16. The van der Waals surface area contributed by atoms with E-state index >= 15 is 0 Å². The van der Waals surface area contributed by atoms with Crippen molar-refractivity contribution in [3.63, 3.8) is 0 Å². The van der Waals surface area contributed by atoms with E-state index in [0.717, 1.165) is 0 Å². The number of esters is 1. The fourth-order valence-electron chi connectivity index (χ4n) is 3.04. The zero-order valence-corrected chi connectivity index (χ0v) is 15.1. The van der Waals surface area contributed by atoms with Crippen molar-refractivity contribution in [3.8, 4) is 17.2 Å². The number of carbonyl (C=O) groups is 1. The van der Waals surface area contributed by atoms with Crippen molar-refractivity contribution in [1.29, 1.82) is 0 Å². The molecule has 2 aliphatic rings. The molecule has 1 aromatic carbocycles. The largest absolute Gasteiger partial charge is 0.480 e. The van der Waals surface area contributed by atoms with E-state index in [9.17, 15) is 4.79 Å². The molecule has 5 heteroatoms. The number of pyridine rings is 1. The van der Waals surface area contributed by atoms with E-state index in [-0.39, 0.29) is 5.56 Å². The van der Waals surface area contributed by atoms with Gasteiger partial charge in [-0.15, -0.1) is 0 Å². The molecule has 0 saturated heterocycles. The van der Waals surface area contributed by atoms with Gasteiger partial charge >= 0.3 is 5.97 Å². The summed E-state index contributed by atoms with van der Waals surface area (Å²) in [6.07, 6.45) is 7.73. The minimum Gasteiger partial charge on any atom is -0.480 e. The van der Waals surface area contributed by atoms with Gasteiger partial charge < -0.3 is 14.2 Å². The van der Waals surface area contributed by atoms with Crippen LogP contribution in [0.5, 0.6) is 17.2 Å². The average molecular weight is 351 g/mol. The maximum absolute atomic E-state index is 12.5. The molecule has 0 radical (unpaired) electrons. The van der Waals surface area contributed by atoms with E-state index in [0.29, 0.717) is 28.9 Å². The van der Waals surface area contributed by atoms with E-state index in [4.69, 9.17) is 14.2 Å². The van der Waals surface area contributed by atoms with Crippen molar-refractivity contribution in [3.05, 3.63) is 53.4 Å². The summed E-state index contributed by atoms with van der Waals surface area (Å²) in [5, 5.41) is 0. The number of benzene rings is 1. The van der Waals surface area contributed by atoms with E-state index in [1.807, 2.05) is 44.2 Å². The molecule has 1 saturated carbocycles. The quantitative estimate of drug-likeness (QED) is 0.746. The number of hydrogen-bond acceptors (Lipinski definition) is 5. The highest BCUT2D eigenvalue weighted by molar-refractivity contribution is 5.97. The Morgan fingerprint density at radius 3 is 2.85 bits per heavy atom. The van der Waals surface area contributed by atoms with Crippen LogP contribution in [0.1, 0.15) is 54.2 Å². The lowest BCUT2D eigenvalue weighted by molar-refractivity contribution is 0.0585. The Morgan fingerprint density at radius 2 is 2.12 bits per heavy atom. The molecule has 0 unspecified atom stereocenters. The molecule has 134 valence electrons. The van der Waals surface area contributed by atoms with Crippen LogP contribution in [-0.4, -0.2) is 23.7 Å². The number of aromatic nitrogens is 1. The maximum Gasteiger partial charge on any atom is 0.345 e. The molecular formula is C21H21NO4. The number of fused-ring (bicyclic) bond motifs is 1. The van der Waals surface area contributed by atoms with Gasteiger partial charge in [-0.3, -0.25) is 0 Å². The monoisotopic (exact) mass is 351 g/mol. The SMILES string of the molecule is COC(=O)c1c(Oc2cccc(C3CC3)c2)cnc2c1OC(C)(C)C=C2. The average Bonchev–Trinajstić information content (AvgIpc) is 3.45. The minimum atomic E-state index is -0.540.